The number of carboxylic acids is 2. The summed E-state index contributed by atoms with van der Waals surface area (Å²) in [5, 5.41) is 24.2. The number of hydrogen-bond donors (Lipinski definition) is 5. The Kier molecular flexibility index (Phi) is 10.9. The molecule has 5 N–H and O–H groups in total. The van der Waals surface area contributed by atoms with E-state index < -0.39 is 29.0 Å². The van der Waals surface area contributed by atoms with Crippen molar-refractivity contribution in [1.29, 1.82) is 0 Å². The number of H-pyrrole nitrogens is 2. The van der Waals surface area contributed by atoms with Crippen molar-refractivity contribution in [3.05, 3.63) is 55.8 Å². The molecule has 0 spiro atoms. The molecule has 24 heavy (non-hydrogen) atoms. The smallest absolute Gasteiger partial charge is 0.333 e. The van der Waals surface area contributed by atoms with Gasteiger partial charge < -0.3 is 15.3 Å². The Morgan fingerprint density at radius 1 is 0.958 bits per heavy atom. The minimum Gasteiger partial charge on any atom is -0.478 e. The van der Waals surface area contributed by atoms with Crippen LogP contribution in [0.25, 0.3) is 0 Å². The van der Waals surface area contributed by atoms with Crippen LogP contribution in [-0.4, -0.2) is 48.4 Å². The molecular formula is C13H19N3O8. The number of hydrogen-bond acceptors (Lipinski definition) is 6. The lowest BCUT2D eigenvalue weighted by molar-refractivity contribution is -0.133. The fourth-order valence-corrected chi connectivity index (χ4v) is 0.756. The van der Waals surface area contributed by atoms with Gasteiger partial charge in [-0.3, -0.25) is 9.97 Å². The molecule has 0 fully saturated rings. The first kappa shape index (κ1) is 23.1. The topological polar surface area (TPSA) is 183 Å². The Labute approximate surface area is 135 Å². The van der Waals surface area contributed by atoms with Gasteiger partial charge in [-0.15, -0.1) is 0 Å². The van der Waals surface area contributed by atoms with Crippen LogP contribution < -0.4 is 17.1 Å². The second kappa shape index (κ2) is 11.4. The van der Waals surface area contributed by atoms with Crippen LogP contribution in [-0.2, 0) is 16.1 Å². The minimum absolute atomic E-state index is 0.134. The zero-order valence-corrected chi connectivity index (χ0v) is 13.2. The number of aliphatic hydroxyl groups is 1. The summed E-state index contributed by atoms with van der Waals surface area (Å²) in [7, 11) is 0. The monoisotopic (exact) mass is 345 g/mol. The van der Waals surface area contributed by atoms with Crippen molar-refractivity contribution in [1.82, 2.24) is 14.5 Å². The maximum atomic E-state index is 10.8. The van der Waals surface area contributed by atoms with Crippen molar-refractivity contribution in [2.75, 3.05) is 6.61 Å². The molecule has 1 aromatic heterocycles. The number of carboxylic acid groups (broad SMARTS) is 2. The van der Waals surface area contributed by atoms with Crippen molar-refractivity contribution in [3.63, 3.8) is 0 Å². The summed E-state index contributed by atoms with van der Waals surface area (Å²) < 4.78 is 0.696. The molecule has 0 radical (unpaired) electrons. The van der Waals surface area contributed by atoms with Crippen LogP contribution in [0.1, 0.15) is 13.8 Å². The number of aromatic amines is 2. The summed E-state index contributed by atoms with van der Waals surface area (Å²) >= 11 is 0. The summed E-state index contributed by atoms with van der Waals surface area (Å²) in [5.41, 5.74) is -2.14. The molecule has 0 unspecified atom stereocenters. The number of nitrogens with one attached hydrogen (secondary N) is 2. The van der Waals surface area contributed by atoms with Crippen LogP contribution in [0.5, 0.6) is 0 Å². The molecule has 0 atom stereocenters. The average molecular weight is 345 g/mol. The van der Waals surface area contributed by atoms with Crippen LogP contribution >= 0.6 is 0 Å². The summed E-state index contributed by atoms with van der Waals surface area (Å²) in [6.07, 6.45) is 0. The fraction of sp³-hybridized carbons (Fsp3) is 0.308. The van der Waals surface area contributed by atoms with Gasteiger partial charge in [-0.25, -0.2) is 28.5 Å². The number of aliphatic carboxylic acids is 2. The normalized spacial score (nSPS) is 8.79. The Balaban J connectivity index is 0. The van der Waals surface area contributed by atoms with Gasteiger partial charge in [0.25, 0.3) is 0 Å². The highest BCUT2D eigenvalue weighted by atomic mass is 16.4. The van der Waals surface area contributed by atoms with Crippen molar-refractivity contribution in [2.24, 2.45) is 0 Å². The molecule has 1 heterocycles. The van der Waals surface area contributed by atoms with Crippen molar-refractivity contribution in [2.45, 2.75) is 20.4 Å². The number of aliphatic hydroxyl groups excluding tert-OH is 1. The van der Waals surface area contributed by atoms with E-state index in [2.05, 4.69) is 13.2 Å². The van der Waals surface area contributed by atoms with Crippen molar-refractivity contribution in [3.8, 4) is 0 Å². The number of rotatable bonds is 4. The van der Waals surface area contributed by atoms with Crippen LogP contribution in [0, 0.1) is 0 Å². The maximum Gasteiger partial charge on any atom is 0.333 e. The second-order valence-corrected chi connectivity index (χ2v) is 4.24. The first-order valence-electron chi connectivity index (χ1n) is 6.25. The van der Waals surface area contributed by atoms with Crippen LogP contribution in [0.15, 0.2) is 38.7 Å². The molecule has 0 aliphatic rings. The second-order valence-electron chi connectivity index (χ2n) is 4.24. The Hall–Kier alpha value is -3.21. The predicted molar refractivity (Wildman–Crippen MR) is 83.9 cm³/mol. The van der Waals surface area contributed by atoms with Gasteiger partial charge in [-0.1, -0.05) is 13.2 Å². The lowest BCUT2D eigenvalue weighted by Crippen LogP contribution is -2.43. The molecule has 1 aromatic rings. The van der Waals surface area contributed by atoms with E-state index in [0.717, 1.165) is 0 Å². The van der Waals surface area contributed by atoms with Crippen LogP contribution in [0.2, 0.25) is 0 Å². The molecular weight excluding hydrogens is 326 g/mol. The highest BCUT2D eigenvalue weighted by Crippen LogP contribution is 1.81. The van der Waals surface area contributed by atoms with E-state index in [1.54, 1.807) is 0 Å². The molecule has 0 saturated carbocycles. The van der Waals surface area contributed by atoms with E-state index in [-0.39, 0.29) is 24.3 Å². The van der Waals surface area contributed by atoms with Gasteiger partial charge in [0.1, 0.15) is 0 Å². The SMILES string of the molecule is C=C(C)C(=O)O.C=C(C)C(=O)O.O=c1[nH]c(=O)n(CCO)c(=O)[nH]1. The van der Waals surface area contributed by atoms with Crippen molar-refractivity contribution < 1.29 is 24.9 Å². The van der Waals surface area contributed by atoms with Gasteiger partial charge >= 0.3 is 29.0 Å². The summed E-state index contributed by atoms with van der Waals surface area (Å²) in [6, 6.07) is 0. The standard InChI is InChI=1S/C5H7N3O4.2C4H6O2/c9-2-1-8-4(11)6-3(10)7-5(8)12;2*1-3(2)4(5)6/h9H,1-2H2,(H2,6,7,10,11,12);2*1H2,2H3,(H,5,6). The van der Waals surface area contributed by atoms with Gasteiger partial charge in [0.05, 0.1) is 13.2 Å². The average Bonchev–Trinajstić information content (AvgIpc) is 2.43. The van der Waals surface area contributed by atoms with Gasteiger partial charge in [-0.2, -0.15) is 0 Å². The summed E-state index contributed by atoms with van der Waals surface area (Å²) in [6.45, 7) is 8.73. The third-order valence-electron chi connectivity index (χ3n) is 1.99. The molecule has 0 aliphatic carbocycles. The lowest BCUT2D eigenvalue weighted by atomic mass is 10.4. The van der Waals surface area contributed by atoms with E-state index in [0.29, 0.717) is 4.57 Å². The van der Waals surface area contributed by atoms with E-state index in [9.17, 15) is 24.0 Å². The van der Waals surface area contributed by atoms with Crippen LogP contribution in [0.4, 0.5) is 0 Å². The molecule has 11 heteroatoms. The Bertz CT molecular complexity index is 686. The molecule has 0 aromatic carbocycles. The molecule has 1 rings (SSSR count). The third kappa shape index (κ3) is 10.5. The first-order chi connectivity index (χ1) is 10.9. The summed E-state index contributed by atoms with van der Waals surface area (Å²) in [5.74, 6) is -1.87. The lowest BCUT2D eigenvalue weighted by Gasteiger charge is -1.97. The Morgan fingerprint density at radius 3 is 1.46 bits per heavy atom. The number of aromatic nitrogens is 3. The minimum atomic E-state index is -0.935. The quantitative estimate of drug-likeness (QED) is 0.409. The molecule has 0 aliphatic heterocycles. The van der Waals surface area contributed by atoms with E-state index in [1.807, 2.05) is 9.97 Å². The number of carbonyl (C=O) groups is 2. The molecule has 11 nitrogen and oxygen atoms in total. The van der Waals surface area contributed by atoms with E-state index in [4.69, 9.17) is 15.3 Å². The van der Waals surface area contributed by atoms with E-state index >= 15 is 0 Å². The number of nitrogens with zero attached hydrogens (tertiary/aromatic N) is 1. The predicted octanol–water partition coefficient (Wildman–Crippen LogP) is -1.49. The zero-order chi connectivity index (χ0) is 19.4. The van der Waals surface area contributed by atoms with E-state index in [1.165, 1.54) is 13.8 Å². The van der Waals surface area contributed by atoms with Crippen LogP contribution in [0.3, 0.4) is 0 Å². The Morgan fingerprint density at radius 2 is 1.25 bits per heavy atom. The first-order valence-corrected chi connectivity index (χ1v) is 6.25. The largest absolute Gasteiger partial charge is 0.478 e. The third-order valence-corrected chi connectivity index (χ3v) is 1.99. The molecule has 0 bridgehead atoms. The summed E-state index contributed by atoms with van der Waals surface area (Å²) in [4.78, 5) is 55.0. The zero-order valence-electron chi connectivity index (χ0n) is 13.2. The van der Waals surface area contributed by atoms with Crippen molar-refractivity contribution >= 4 is 11.9 Å². The molecule has 134 valence electrons. The van der Waals surface area contributed by atoms with Gasteiger partial charge in [0, 0.05) is 11.1 Å². The molecule has 0 amide bonds. The van der Waals surface area contributed by atoms with Gasteiger partial charge in [0.2, 0.25) is 0 Å². The molecule has 0 saturated heterocycles. The highest BCUT2D eigenvalue weighted by Gasteiger charge is 2.00. The van der Waals surface area contributed by atoms with Gasteiger partial charge in [-0.05, 0) is 13.8 Å². The highest BCUT2D eigenvalue weighted by molar-refractivity contribution is 5.85. The maximum absolute atomic E-state index is 10.8. The fourth-order valence-electron chi connectivity index (χ4n) is 0.756. The van der Waals surface area contributed by atoms with Gasteiger partial charge in [0.15, 0.2) is 0 Å².